The van der Waals surface area contributed by atoms with E-state index in [0.29, 0.717) is 10.9 Å². The van der Waals surface area contributed by atoms with Gasteiger partial charge in [0.25, 0.3) is 0 Å². The Hall–Kier alpha value is -1.30. The summed E-state index contributed by atoms with van der Waals surface area (Å²) in [5, 5.41) is 9.31. The molecule has 6 nitrogen and oxygen atoms in total. The van der Waals surface area contributed by atoms with Gasteiger partial charge in [-0.05, 0) is 6.42 Å². The molecule has 0 aromatic rings. The van der Waals surface area contributed by atoms with E-state index in [2.05, 4.69) is 14.4 Å². The van der Waals surface area contributed by atoms with Crippen LogP contribution in [0.4, 0.5) is 0 Å². The molecule has 118 valence electrons. The Balaban J connectivity index is 4.57. The van der Waals surface area contributed by atoms with Crippen molar-refractivity contribution in [1.82, 2.24) is 9.80 Å². The minimum Gasteiger partial charge on any atom is -0.477 e. The van der Waals surface area contributed by atoms with Crippen LogP contribution in [0.5, 0.6) is 0 Å². The molecule has 0 aliphatic heterocycles. The van der Waals surface area contributed by atoms with Crippen LogP contribution in [0.3, 0.4) is 0 Å². The molecule has 1 atom stereocenters. The van der Waals surface area contributed by atoms with Crippen molar-refractivity contribution in [3.63, 3.8) is 0 Å². The van der Waals surface area contributed by atoms with Crippen LogP contribution in [0.1, 0.15) is 12.8 Å². The van der Waals surface area contributed by atoms with Gasteiger partial charge in [-0.25, -0.2) is 4.79 Å². The van der Waals surface area contributed by atoms with E-state index in [-0.39, 0.29) is 6.04 Å². The molecule has 0 aromatic carbocycles. The molecule has 0 radical (unpaired) electrons. The van der Waals surface area contributed by atoms with Gasteiger partial charge >= 0.3 is 11.9 Å². The van der Waals surface area contributed by atoms with Crippen LogP contribution in [0.25, 0.3) is 0 Å². The Labute approximate surface area is 123 Å². The first-order valence-electron chi connectivity index (χ1n) is 6.95. The molecule has 0 aliphatic carbocycles. The van der Waals surface area contributed by atoms with Crippen molar-refractivity contribution in [1.29, 1.82) is 0 Å². The first kappa shape index (κ1) is 18.7. The van der Waals surface area contributed by atoms with Crippen molar-refractivity contribution in [2.24, 2.45) is 0 Å². The minimum absolute atomic E-state index is 0.356. The summed E-state index contributed by atoms with van der Waals surface area (Å²) in [6.45, 7) is 0.843. The van der Waals surface area contributed by atoms with Crippen molar-refractivity contribution in [2.45, 2.75) is 18.9 Å². The highest BCUT2D eigenvalue weighted by atomic mass is 16.4. The fraction of sp³-hybridized carbons (Fsp3) is 0.857. The van der Waals surface area contributed by atoms with E-state index in [1.54, 1.807) is 0 Å². The minimum atomic E-state index is -0.718. The van der Waals surface area contributed by atoms with Crippen LogP contribution in [-0.4, -0.2) is 105 Å². The zero-order valence-corrected chi connectivity index (χ0v) is 14.3. The third-order valence-electron chi connectivity index (χ3n) is 3.33. The average molecular weight is 288 g/mol. The number of hydrogen-bond donors (Lipinski definition) is 1. The predicted octanol–water partition coefficient (Wildman–Crippen LogP) is 0.0475. The van der Waals surface area contributed by atoms with Crippen molar-refractivity contribution >= 4 is 11.9 Å². The van der Waals surface area contributed by atoms with Crippen LogP contribution in [0.2, 0.25) is 0 Å². The quantitative estimate of drug-likeness (QED) is 0.325. The Morgan fingerprint density at radius 2 is 1.70 bits per heavy atom. The molecule has 0 saturated carbocycles. The molecule has 1 unspecified atom stereocenters. The van der Waals surface area contributed by atoms with Crippen LogP contribution < -0.4 is 0 Å². The lowest BCUT2D eigenvalue weighted by Gasteiger charge is -2.31. The van der Waals surface area contributed by atoms with Gasteiger partial charge in [0, 0.05) is 6.42 Å². The van der Waals surface area contributed by atoms with Gasteiger partial charge in [-0.15, -0.1) is 0 Å². The first-order valence-corrected chi connectivity index (χ1v) is 6.95. The number of guanidine groups is 1. The Bertz CT molecular complexity index is 355. The number of hydrogen-bond acceptors (Lipinski definition) is 1. The summed E-state index contributed by atoms with van der Waals surface area (Å²) in [5.41, 5.74) is 0. The summed E-state index contributed by atoms with van der Waals surface area (Å²) in [6, 6.07) is -0.356. The molecule has 0 spiro atoms. The zero-order valence-electron chi connectivity index (χ0n) is 14.3. The maximum absolute atomic E-state index is 11.3. The number of likely N-dealkylation sites (N-methyl/N-ethyl adjacent to an activating group) is 1. The van der Waals surface area contributed by atoms with Gasteiger partial charge in [-0.3, -0.25) is 14.4 Å². The third-order valence-corrected chi connectivity index (χ3v) is 3.33. The zero-order chi connectivity index (χ0) is 16.1. The second-order valence-electron chi connectivity index (χ2n) is 6.62. The monoisotopic (exact) mass is 288 g/mol. The van der Waals surface area contributed by atoms with Crippen LogP contribution in [0, 0.1) is 0 Å². The Kier molecular flexibility index (Phi) is 6.99. The van der Waals surface area contributed by atoms with Crippen molar-refractivity contribution in [3.05, 3.63) is 0 Å². The Morgan fingerprint density at radius 3 is 2.00 bits per heavy atom. The van der Waals surface area contributed by atoms with Crippen molar-refractivity contribution in [2.75, 3.05) is 62.9 Å². The lowest BCUT2D eigenvalue weighted by molar-refractivity contribution is -0.887. The topological polar surface area (TPSA) is 46.8 Å². The molecule has 0 amide bonds. The molecule has 0 aromatic heterocycles. The lowest BCUT2D eigenvalue weighted by atomic mass is 10.1. The number of nitrogens with zero attached hydrogens (tertiary/aromatic N) is 4. The molecule has 0 aliphatic rings. The van der Waals surface area contributed by atoms with Gasteiger partial charge in [0.2, 0.25) is 0 Å². The lowest BCUT2D eigenvalue weighted by Crippen LogP contribution is -2.50. The fourth-order valence-corrected chi connectivity index (χ4v) is 2.55. The summed E-state index contributed by atoms with van der Waals surface area (Å²) in [4.78, 5) is 15.5. The van der Waals surface area contributed by atoms with Crippen LogP contribution >= 0.6 is 0 Å². The molecule has 20 heavy (non-hydrogen) atoms. The number of carbonyl (C=O) groups is 1. The summed E-state index contributed by atoms with van der Waals surface area (Å²) < 4.78 is 2.52. The normalized spacial score (nSPS) is 12.8. The molecule has 1 N–H and O–H groups in total. The van der Waals surface area contributed by atoms with Gasteiger partial charge in [0.1, 0.15) is 0 Å². The van der Waals surface area contributed by atoms with Crippen molar-refractivity contribution < 1.29 is 19.0 Å². The molecule has 0 bridgehead atoms. The largest absolute Gasteiger partial charge is 0.477 e. The highest BCUT2D eigenvalue weighted by molar-refractivity contribution is 5.74. The summed E-state index contributed by atoms with van der Waals surface area (Å²) in [5.74, 6) is 0.395. The number of carboxylic acid groups (broad SMARTS) is 1. The second kappa shape index (κ2) is 7.47. The molecular formula is C14H32N4O2+2. The summed E-state index contributed by atoms with van der Waals surface area (Å²) >= 11 is 0. The second-order valence-corrected chi connectivity index (χ2v) is 6.62. The molecular weight excluding hydrogens is 256 g/mol. The van der Waals surface area contributed by atoms with Crippen LogP contribution in [0.15, 0.2) is 0 Å². The highest BCUT2D eigenvalue weighted by Crippen LogP contribution is 2.11. The SMILES string of the molecule is CN(C)C(N(C)CCCC(C(=O)O)[N+](C)(C)C)=[N+](C)C. The van der Waals surface area contributed by atoms with E-state index in [1.165, 1.54) is 0 Å². The average Bonchev–Trinajstić information content (AvgIpc) is 2.20. The predicted molar refractivity (Wildman–Crippen MR) is 82.1 cm³/mol. The molecule has 0 saturated heterocycles. The van der Waals surface area contributed by atoms with E-state index in [9.17, 15) is 9.90 Å². The maximum Gasteiger partial charge on any atom is 0.362 e. The van der Waals surface area contributed by atoms with E-state index in [4.69, 9.17) is 0 Å². The highest BCUT2D eigenvalue weighted by Gasteiger charge is 2.31. The summed E-state index contributed by atoms with van der Waals surface area (Å²) in [6.07, 6.45) is 1.53. The van der Waals surface area contributed by atoms with Crippen LogP contribution in [-0.2, 0) is 4.79 Å². The molecule has 6 heteroatoms. The third kappa shape index (κ3) is 5.77. The molecule has 0 heterocycles. The number of quaternary nitrogens is 1. The van der Waals surface area contributed by atoms with Gasteiger partial charge < -0.3 is 9.59 Å². The first-order chi connectivity index (χ1) is 8.98. The van der Waals surface area contributed by atoms with Gasteiger partial charge in [0.05, 0.1) is 62.9 Å². The van der Waals surface area contributed by atoms with E-state index < -0.39 is 5.97 Å². The van der Waals surface area contributed by atoms with E-state index >= 15 is 0 Å². The van der Waals surface area contributed by atoms with E-state index in [1.807, 2.05) is 56.4 Å². The molecule has 0 rings (SSSR count). The van der Waals surface area contributed by atoms with Crippen molar-refractivity contribution in [3.8, 4) is 0 Å². The van der Waals surface area contributed by atoms with Gasteiger partial charge in [-0.2, -0.15) is 0 Å². The number of carboxylic acids is 1. The van der Waals surface area contributed by atoms with E-state index in [0.717, 1.165) is 18.9 Å². The Morgan fingerprint density at radius 1 is 1.20 bits per heavy atom. The fourth-order valence-electron chi connectivity index (χ4n) is 2.55. The smallest absolute Gasteiger partial charge is 0.362 e. The van der Waals surface area contributed by atoms with Gasteiger partial charge in [-0.1, -0.05) is 0 Å². The maximum atomic E-state index is 11.3. The number of aliphatic carboxylic acids is 1. The standard InChI is InChI=1S/C14H31N4O2/c1-15(2)14(16(3)4)17(5)11-9-10-12(13(19)20)18(6,7)8/h12H,9-11H2,1-8H3/q+1/p+1. The van der Waals surface area contributed by atoms with Gasteiger partial charge in [0.15, 0.2) is 6.04 Å². The summed E-state index contributed by atoms with van der Waals surface area (Å²) in [7, 11) is 15.9. The molecule has 0 fully saturated rings. The number of rotatable bonds is 6.